The third kappa shape index (κ3) is 1.51. The second kappa shape index (κ2) is 3.21. The van der Waals surface area contributed by atoms with Crippen LogP contribution >= 0.6 is 0 Å². The summed E-state index contributed by atoms with van der Waals surface area (Å²) >= 11 is 0. The minimum Gasteiger partial charge on any atom is -0.480 e. The summed E-state index contributed by atoms with van der Waals surface area (Å²) in [6.07, 6.45) is 0.906. The summed E-state index contributed by atoms with van der Waals surface area (Å²) in [6, 6.07) is 5.65. The molecule has 0 spiro atoms. The molecule has 4 heteroatoms. The molecular formula is C10H12N2O2. The molecule has 1 aliphatic heterocycles. The number of carboxylic acids is 1. The van der Waals surface area contributed by atoms with Crippen molar-refractivity contribution in [2.24, 2.45) is 0 Å². The predicted molar refractivity (Wildman–Crippen MR) is 54.4 cm³/mol. The molecule has 0 unspecified atom stereocenters. The number of fused-ring (bicyclic) bond motifs is 1. The second-order valence-electron chi connectivity index (χ2n) is 3.45. The zero-order valence-electron chi connectivity index (χ0n) is 7.73. The largest absolute Gasteiger partial charge is 0.480 e. The van der Waals surface area contributed by atoms with E-state index in [2.05, 4.69) is 0 Å². The number of carbonyl (C=O) groups is 1. The van der Waals surface area contributed by atoms with Crippen molar-refractivity contribution in [3.8, 4) is 0 Å². The van der Waals surface area contributed by atoms with Crippen LogP contribution < -0.4 is 10.6 Å². The Morgan fingerprint density at radius 1 is 1.57 bits per heavy atom. The van der Waals surface area contributed by atoms with E-state index >= 15 is 0 Å². The Balaban J connectivity index is 2.28. The maximum Gasteiger partial charge on any atom is 0.323 e. The third-order valence-corrected chi connectivity index (χ3v) is 2.43. The van der Waals surface area contributed by atoms with Crippen molar-refractivity contribution in [3.63, 3.8) is 0 Å². The molecule has 14 heavy (non-hydrogen) atoms. The lowest BCUT2D eigenvalue weighted by molar-refractivity contribution is -0.135. The molecule has 1 aliphatic rings. The van der Waals surface area contributed by atoms with Crippen LogP contribution in [0.25, 0.3) is 0 Å². The molecular weight excluding hydrogens is 180 g/mol. The van der Waals surface area contributed by atoms with Crippen molar-refractivity contribution in [1.29, 1.82) is 0 Å². The quantitative estimate of drug-likeness (QED) is 0.677. The Morgan fingerprint density at radius 2 is 2.36 bits per heavy atom. The number of anilines is 2. The van der Waals surface area contributed by atoms with Crippen LogP contribution in [0.15, 0.2) is 18.2 Å². The van der Waals surface area contributed by atoms with Crippen LogP contribution in [0.3, 0.4) is 0 Å². The minimum absolute atomic E-state index is 0.0520. The Labute approximate surface area is 81.9 Å². The lowest BCUT2D eigenvalue weighted by Crippen LogP contribution is -2.27. The Hall–Kier alpha value is -1.71. The van der Waals surface area contributed by atoms with Gasteiger partial charge < -0.3 is 15.7 Å². The van der Waals surface area contributed by atoms with Gasteiger partial charge in [0.05, 0.1) is 0 Å². The SMILES string of the molecule is Nc1ccc2c(c1)N(CC(=O)O)CC2. The van der Waals surface area contributed by atoms with Gasteiger partial charge in [-0.05, 0) is 24.1 Å². The van der Waals surface area contributed by atoms with E-state index in [9.17, 15) is 4.79 Å². The van der Waals surface area contributed by atoms with Crippen molar-refractivity contribution in [2.45, 2.75) is 6.42 Å². The van der Waals surface area contributed by atoms with Gasteiger partial charge in [0.1, 0.15) is 6.54 Å². The number of rotatable bonds is 2. The summed E-state index contributed by atoms with van der Waals surface area (Å²) in [5.74, 6) is -0.805. The maximum atomic E-state index is 10.6. The highest BCUT2D eigenvalue weighted by Crippen LogP contribution is 2.29. The molecule has 2 rings (SSSR count). The first-order valence-corrected chi connectivity index (χ1v) is 4.52. The van der Waals surface area contributed by atoms with Crippen LogP contribution in [0.4, 0.5) is 11.4 Å². The lowest BCUT2D eigenvalue weighted by atomic mass is 10.1. The fraction of sp³-hybridized carbons (Fsp3) is 0.300. The molecule has 3 N–H and O–H groups in total. The molecule has 0 saturated carbocycles. The number of carboxylic acid groups (broad SMARTS) is 1. The third-order valence-electron chi connectivity index (χ3n) is 2.43. The van der Waals surface area contributed by atoms with Crippen LogP contribution in [0.5, 0.6) is 0 Å². The number of nitrogen functional groups attached to an aromatic ring is 1. The van der Waals surface area contributed by atoms with E-state index in [1.165, 1.54) is 5.56 Å². The van der Waals surface area contributed by atoms with Crippen molar-refractivity contribution < 1.29 is 9.90 Å². The zero-order valence-corrected chi connectivity index (χ0v) is 7.73. The zero-order chi connectivity index (χ0) is 10.1. The number of nitrogens with two attached hydrogens (primary N) is 1. The topological polar surface area (TPSA) is 66.6 Å². The fourth-order valence-electron chi connectivity index (χ4n) is 1.79. The number of nitrogens with zero attached hydrogens (tertiary/aromatic N) is 1. The standard InChI is InChI=1S/C10H12N2O2/c11-8-2-1-7-3-4-12(6-10(13)14)9(7)5-8/h1-2,5H,3-4,6,11H2,(H,13,14). The minimum atomic E-state index is -0.805. The molecule has 74 valence electrons. The summed E-state index contributed by atoms with van der Waals surface area (Å²) < 4.78 is 0. The van der Waals surface area contributed by atoms with E-state index in [0.717, 1.165) is 18.7 Å². The number of aliphatic carboxylic acids is 1. The van der Waals surface area contributed by atoms with E-state index in [1.807, 2.05) is 23.1 Å². The molecule has 0 aromatic heterocycles. The summed E-state index contributed by atoms with van der Waals surface area (Å²) in [6.45, 7) is 0.821. The van der Waals surface area contributed by atoms with E-state index in [0.29, 0.717) is 5.69 Å². The van der Waals surface area contributed by atoms with Crippen LogP contribution in [0, 0.1) is 0 Å². The first-order chi connectivity index (χ1) is 6.66. The van der Waals surface area contributed by atoms with E-state index < -0.39 is 5.97 Å². The average Bonchev–Trinajstić information content (AvgIpc) is 2.47. The Bertz CT molecular complexity index is 376. The predicted octanol–water partition coefficient (Wildman–Crippen LogP) is 0.716. The van der Waals surface area contributed by atoms with Crippen molar-refractivity contribution >= 4 is 17.3 Å². The molecule has 0 saturated heterocycles. The number of benzene rings is 1. The maximum absolute atomic E-state index is 10.6. The summed E-state index contributed by atoms with van der Waals surface area (Å²) in [5, 5.41) is 8.70. The van der Waals surface area contributed by atoms with Gasteiger partial charge in [0.25, 0.3) is 0 Å². The molecule has 1 aromatic rings. The van der Waals surface area contributed by atoms with Gasteiger partial charge in [-0.25, -0.2) is 0 Å². The van der Waals surface area contributed by atoms with Gasteiger partial charge in [0.15, 0.2) is 0 Å². The van der Waals surface area contributed by atoms with Gasteiger partial charge in [0.2, 0.25) is 0 Å². The van der Waals surface area contributed by atoms with E-state index in [-0.39, 0.29) is 6.54 Å². The number of hydrogen-bond donors (Lipinski definition) is 2. The Kier molecular flexibility index (Phi) is 2.04. The summed E-state index contributed by atoms with van der Waals surface area (Å²) in [4.78, 5) is 12.4. The van der Waals surface area contributed by atoms with Crippen LogP contribution in [0.2, 0.25) is 0 Å². The molecule has 4 nitrogen and oxygen atoms in total. The molecule has 0 aliphatic carbocycles. The number of hydrogen-bond acceptors (Lipinski definition) is 3. The molecule has 0 atom stereocenters. The van der Waals surface area contributed by atoms with Gasteiger partial charge in [-0.1, -0.05) is 6.07 Å². The van der Waals surface area contributed by atoms with E-state index in [1.54, 1.807) is 0 Å². The van der Waals surface area contributed by atoms with Crippen LogP contribution in [-0.2, 0) is 11.2 Å². The molecule has 1 heterocycles. The van der Waals surface area contributed by atoms with Gasteiger partial charge in [-0.15, -0.1) is 0 Å². The lowest BCUT2D eigenvalue weighted by Gasteiger charge is -2.16. The second-order valence-corrected chi connectivity index (χ2v) is 3.45. The normalized spacial score (nSPS) is 14.1. The Morgan fingerprint density at radius 3 is 3.07 bits per heavy atom. The van der Waals surface area contributed by atoms with Crippen LogP contribution in [-0.4, -0.2) is 24.2 Å². The molecule has 0 bridgehead atoms. The highest BCUT2D eigenvalue weighted by Gasteiger charge is 2.20. The first kappa shape index (κ1) is 8.87. The molecule has 1 aromatic carbocycles. The molecule has 0 fully saturated rings. The highest BCUT2D eigenvalue weighted by atomic mass is 16.4. The summed E-state index contributed by atoms with van der Waals surface area (Å²) in [7, 11) is 0. The van der Waals surface area contributed by atoms with Crippen LogP contribution in [0.1, 0.15) is 5.56 Å². The monoisotopic (exact) mass is 192 g/mol. The molecule has 0 radical (unpaired) electrons. The van der Waals surface area contributed by atoms with Crippen molar-refractivity contribution in [2.75, 3.05) is 23.7 Å². The fourth-order valence-corrected chi connectivity index (χ4v) is 1.79. The van der Waals surface area contributed by atoms with Crippen molar-refractivity contribution in [1.82, 2.24) is 0 Å². The summed E-state index contributed by atoms with van der Waals surface area (Å²) in [5.41, 5.74) is 8.48. The van der Waals surface area contributed by atoms with Gasteiger partial charge in [-0.2, -0.15) is 0 Å². The highest BCUT2D eigenvalue weighted by molar-refractivity contribution is 5.76. The van der Waals surface area contributed by atoms with Crippen molar-refractivity contribution in [3.05, 3.63) is 23.8 Å². The smallest absolute Gasteiger partial charge is 0.323 e. The average molecular weight is 192 g/mol. The van der Waals surface area contributed by atoms with Gasteiger partial charge in [-0.3, -0.25) is 4.79 Å². The van der Waals surface area contributed by atoms with Gasteiger partial charge in [0, 0.05) is 17.9 Å². The first-order valence-electron chi connectivity index (χ1n) is 4.52. The molecule has 0 amide bonds. The van der Waals surface area contributed by atoms with Gasteiger partial charge >= 0.3 is 5.97 Å². The van der Waals surface area contributed by atoms with E-state index in [4.69, 9.17) is 10.8 Å².